The first kappa shape index (κ1) is 12.8. The van der Waals surface area contributed by atoms with Crippen LogP contribution in [-0.4, -0.2) is 6.04 Å². The predicted molar refractivity (Wildman–Crippen MR) is 69.5 cm³/mol. The normalized spacial score (nSPS) is 12.6. The highest BCUT2D eigenvalue weighted by molar-refractivity contribution is 5.58. The summed E-state index contributed by atoms with van der Waals surface area (Å²) in [6.07, 6.45) is 1.13. The number of hydrogen-bond acceptors (Lipinski definition) is 1. The largest absolute Gasteiger partial charge is 0.455 e. The summed E-state index contributed by atoms with van der Waals surface area (Å²) in [6, 6.07) is 11.0. The molecule has 0 aliphatic carbocycles. The second-order valence-electron chi connectivity index (χ2n) is 4.57. The zero-order valence-electron chi connectivity index (χ0n) is 10.8. The van der Waals surface area contributed by atoms with Crippen molar-refractivity contribution in [3.05, 3.63) is 48.0 Å². The van der Waals surface area contributed by atoms with Gasteiger partial charge < -0.3 is 9.73 Å². The van der Waals surface area contributed by atoms with Gasteiger partial charge in [-0.2, -0.15) is 0 Å². The lowest BCUT2D eigenvalue weighted by Crippen LogP contribution is -2.87. The number of furan rings is 1. The van der Waals surface area contributed by atoms with Gasteiger partial charge >= 0.3 is 0 Å². The first-order valence-electron chi connectivity index (χ1n) is 6.37. The molecule has 1 aromatic carbocycles. The van der Waals surface area contributed by atoms with E-state index in [0.717, 1.165) is 18.7 Å². The van der Waals surface area contributed by atoms with Crippen LogP contribution < -0.4 is 5.32 Å². The molecule has 0 radical (unpaired) electrons. The van der Waals surface area contributed by atoms with Gasteiger partial charge in [0.25, 0.3) is 0 Å². The molecule has 3 heteroatoms. The molecule has 2 nitrogen and oxygen atoms in total. The molecule has 0 fully saturated rings. The van der Waals surface area contributed by atoms with E-state index < -0.39 is 0 Å². The summed E-state index contributed by atoms with van der Waals surface area (Å²) < 4.78 is 19.3. The van der Waals surface area contributed by atoms with Crippen molar-refractivity contribution in [3.63, 3.8) is 0 Å². The number of nitrogens with two attached hydrogens (primary N) is 1. The van der Waals surface area contributed by atoms with Crippen molar-refractivity contribution in [1.29, 1.82) is 0 Å². The molecule has 0 amide bonds. The zero-order valence-corrected chi connectivity index (χ0v) is 10.8. The van der Waals surface area contributed by atoms with Gasteiger partial charge in [-0.05, 0) is 37.6 Å². The SMILES string of the molecule is CC[C@@H](C)[NH2+]Cc1ccc(-c2ccccc2F)o1. The third-order valence-corrected chi connectivity index (χ3v) is 3.17. The summed E-state index contributed by atoms with van der Waals surface area (Å²) in [7, 11) is 0. The summed E-state index contributed by atoms with van der Waals surface area (Å²) >= 11 is 0. The maximum absolute atomic E-state index is 13.6. The Morgan fingerprint density at radius 3 is 2.72 bits per heavy atom. The van der Waals surface area contributed by atoms with Gasteiger partial charge in [0.2, 0.25) is 0 Å². The summed E-state index contributed by atoms with van der Waals surface area (Å²) in [5.74, 6) is 1.23. The molecule has 0 spiro atoms. The van der Waals surface area contributed by atoms with E-state index in [1.165, 1.54) is 6.07 Å². The number of benzene rings is 1. The Bertz CT molecular complexity index is 507. The third kappa shape index (κ3) is 2.99. The molecule has 18 heavy (non-hydrogen) atoms. The third-order valence-electron chi connectivity index (χ3n) is 3.17. The van der Waals surface area contributed by atoms with Crippen molar-refractivity contribution < 1.29 is 14.1 Å². The van der Waals surface area contributed by atoms with E-state index in [1.54, 1.807) is 12.1 Å². The highest BCUT2D eigenvalue weighted by Gasteiger charge is 2.10. The van der Waals surface area contributed by atoms with Gasteiger partial charge in [-0.25, -0.2) is 4.39 Å². The number of quaternary nitrogens is 1. The monoisotopic (exact) mass is 248 g/mol. The van der Waals surface area contributed by atoms with Gasteiger partial charge in [0, 0.05) is 0 Å². The second kappa shape index (κ2) is 5.83. The Morgan fingerprint density at radius 1 is 1.22 bits per heavy atom. The fourth-order valence-corrected chi connectivity index (χ4v) is 1.78. The number of rotatable bonds is 5. The molecule has 0 aliphatic heterocycles. The Labute approximate surface area is 107 Å². The molecule has 0 bridgehead atoms. The average molecular weight is 248 g/mol. The van der Waals surface area contributed by atoms with E-state index in [0.29, 0.717) is 17.4 Å². The van der Waals surface area contributed by atoms with Gasteiger partial charge in [-0.15, -0.1) is 0 Å². The van der Waals surface area contributed by atoms with Crippen molar-refractivity contribution in [2.45, 2.75) is 32.9 Å². The zero-order chi connectivity index (χ0) is 13.0. The molecule has 0 saturated heterocycles. The molecule has 2 aromatic rings. The van der Waals surface area contributed by atoms with Gasteiger partial charge in [0.1, 0.15) is 18.1 Å². The molecule has 96 valence electrons. The summed E-state index contributed by atoms with van der Waals surface area (Å²) in [6.45, 7) is 5.14. The maximum Gasteiger partial charge on any atom is 0.158 e. The molecular weight excluding hydrogens is 229 g/mol. The minimum atomic E-state index is -0.246. The Morgan fingerprint density at radius 2 is 2.00 bits per heavy atom. The van der Waals surface area contributed by atoms with E-state index in [4.69, 9.17) is 4.42 Å². The molecule has 0 aliphatic rings. The van der Waals surface area contributed by atoms with E-state index in [9.17, 15) is 4.39 Å². The van der Waals surface area contributed by atoms with E-state index in [2.05, 4.69) is 19.2 Å². The van der Waals surface area contributed by atoms with Gasteiger partial charge in [-0.1, -0.05) is 19.1 Å². The molecule has 1 heterocycles. The van der Waals surface area contributed by atoms with E-state index >= 15 is 0 Å². The van der Waals surface area contributed by atoms with Crippen LogP contribution in [-0.2, 0) is 6.54 Å². The smallest absolute Gasteiger partial charge is 0.158 e. The first-order valence-corrected chi connectivity index (χ1v) is 6.37. The molecule has 2 rings (SSSR count). The lowest BCUT2D eigenvalue weighted by atomic mass is 10.1. The lowest BCUT2D eigenvalue weighted by molar-refractivity contribution is -0.703. The van der Waals surface area contributed by atoms with Gasteiger partial charge in [-0.3, -0.25) is 0 Å². The minimum Gasteiger partial charge on any atom is -0.455 e. The summed E-state index contributed by atoms with van der Waals surface area (Å²) in [5, 5.41) is 2.23. The molecular formula is C15H19FNO+. The lowest BCUT2D eigenvalue weighted by Gasteiger charge is -2.05. The number of hydrogen-bond donors (Lipinski definition) is 1. The van der Waals surface area contributed by atoms with E-state index in [1.807, 2.05) is 18.2 Å². The molecule has 0 saturated carbocycles. The highest BCUT2D eigenvalue weighted by atomic mass is 19.1. The minimum absolute atomic E-state index is 0.246. The Kier molecular flexibility index (Phi) is 4.15. The second-order valence-corrected chi connectivity index (χ2v) is 4.57. The molecule has 1 atom stereocenters. The molecule has 1 aromatic heterocycles. The van der Waals surface area contributed by atoms with Crippen molar-refractivity contribution in [3.8, 4) is 11.3 Å². The summed E-state index contributed by atoms with van der Waals surface area (Å²) in [4.78, 5) is 0. The van der Waals surface area contributed by atoms with Crippen LogP contribution in [0.15, 0.2) is 40.8 Å². The van der Waals surface area contributed by atoms with Crippen LogP contribution in [0.4, 0.5) is 4.39 Å². The van der Waals surface area contributed by atoms with Crippen LogP contribution in [0.25, 0.3) is 11.3 Å². The Balaban J connectivity index is 2.09. The maximum atomic E-state index is 13.6. The van der Waals surface area contributed by atoms with Crippen LogP contribution in [0.2, 0.25) is 0 Å². The van der Waals surface area contributed by atoms with E-state index in [-0.39, 0.29) is 5.82 Å². The molecule has 0 unspecified atom stereocenters. The molecule has 2 N–H and O–H groups in total. The fraction of sp³-hybridized carbons (Fsp3) is 0.333. The van der Waals surface area contributed by atoms with Crippen molar-refractivity contribution >= 4 is 0 Å². The summed E-state index contributed by atoms with van der Waals surface area (Å²) in [5.41, 5.74) is 0.521. The first-order chi connectivity index (χ1) is 8.70. The Hall–Kier alpha value is -1.61. The van der Waals surface area contributed by atoms with Gasteiger partial charge in [0.15, 0.2) is 5.76 Å². The topological polar surface area (TPSA) is 29.8 Å². The van der Waals surface area contributed by atoms with Crippen molar-refractivity contribution in [2.75, 3.05) is 0 Å². The van der Waals surface area contributed by atoms with Crippen LogP contribution in [0.1, 0.15) is 26.0 Å². The van der Waals surface area contributed by atoms with Crippen LogP contribution >= 0.6 is 0 Å². The van der Waals surface area contributed by atoms with Gasteiger partial charge in [0.05, 0.1) is 11.6 Å². The fourth-order valence-electron chi connectivity index (χ4n) is 1.78. The highest BCUT2D eigenvalue weighted by Crippen LogP contribution is 2.24. The van der Waals surface area contributed by atoms with Crippen molar-refractivity contribution in [1.82, 2.24) is 0 Å². The van der Waals surface area contributed by atoms with Crippen LogP contribution in [0, 0.1) is 5.82 Å². The predicted octanol–water partition coefficient (Wildman–Crippen LogP) is 2.95. The van der Waals surface area contributed by atoms with Crippen LogP contribution in [0.3, 0.4) is 0 Å². The quantitative estimate of drug-likeness (QED) is 0.866. The standard InChI is InChI=1S/C15H18FNO/c1-3-11(2)17-10-12-8-9-15(18-12)13-6-4-5-7-14(13)16/h4-9,11,17H,3,10H2,1-2H3/p+1/t11-/m1/s1. The average Bonchev–Trinajstić information content (AvgIpc) is 2.85. The van der Waals surface area contributed by atoms with Crippen LogP contribution in [0.5, 0.6) is 0 Å². The number of halogens is 1. The van der Waals surface area contributed by atoms with Crippen molar-refractivity contribution in [2.24, 2.45) is 0 Å².